The van der Waals surface area contributed by atoms with E-state index >= 15 is 0 Å². The molecule has 1 heterocycles. The summed E-state index contributed by atoms with van der Waals surface area (Å²) >= 11 is 1.64. The Morgan fingerprint density at radius 3 is 2.40 bits per heavy atom. The quantitative estimate of drug-likeness (QED) is 0.550. The fourth-order valence-corrected chi connectivity index (χ4v) is 3.05. The Morgan fingerprint density at radius 1 is 1.12 bits per heavy atom. The Bertz CT molecular complexity index is 876. The number of hydrogen-bond donors (Lipinski definition) is 2. The lowest BCUT2D eigenvalue weighted by Gasteiger charge is -1.98. The Morgan fingerprint density at radius 2 is 1.76 bits per heavy atom. The van der Waals surface area contributed by atoms with Crippen LogP contribution in [0.25, 0.3) is 0 Å². The molecule has 0 unspecified atom stereocenters. The molecule has 0 aliphatic rings. The number of benzene rings is 2. The Hall–Kier alpha value is -3.10. The molecule has 0 atom stereocenters. The van der Waals surface area contributed by atoms with Crippen molar-refractivity contribution in [1.29, 1.82) is 0 Å². The van der Waals surface area contributed by atoms with Crippen LogP contribution < -0.4 is 5.73 Å². The normalized spacial score (nSPS) is 9.32. The van der Waals surface area contributed by atoms with Crippen molar-refractivity contribution in [3.8, 4) is 17.6 Å². The SMILES string of the molecule is Cc1nc(C#Cc2ccc(O)cc2)sc1Cc1ccccc1.NC=O. The van der Waals surface area contributed by atoms with Crippen molar-refractivity contribution in [1.82, 2.24) is 4.98 Å². The number of thiazole rings is 1. The molecule has 0 bridgehead atoms. The summed E-state index contributed by atoms with van der Waals surface area (Å²) < 4.78 is 0. The fourth-order valence-electron chi connectivity index (χ4n) is 2.10. The van der Waals surface area contributed by atoms with Gasteiger partial charge in [-0.2, -0.15) is 0 Å². The number of phenolic OH excluding ortho intramolecular Hbond substituents is 1. The minimum absolute atomic E-state index is 0.250. The smallest absolute Gasteiger partial charge is 0.204 e. The lowest BCUT2D eigenvalue weighted by molar-refractivity contribution is -0.106. The molecule has 0 fully saturated rings. The van der Waals surface area contributed by atoms with Gasteiger partial charge in [0.25, 0.3) is 0 Å². The van der Waals surface area contributed by atoms with E-state index in [9.17, 15) is 5.11 Å². The van der Waals surface area contributed by atoms with E-state index in [-0.39, 0.29) is 12.2 Å². The monoisotopic (exact) mass is 350 g/mol. The summed E-state index contributed by atoms with van der Waals surface area (Å²) in [6, 6.07) is 17.3. The first-order valence-corrected chi connectivity index (χ1v) is 8.40. The zero-order valence-electron chi connectivity index (χ0n) is 13.8. The molecule has 3 aromatic rings. The predicted molar refractivity (Wildman–Crippen MR) is 100 cm³/mol. The van der Waals surface area contributed by atoms with Crippen molar-refractivity contribution in [2.45, 2.75) is 13.3 Å². The van der Waals surface area contributed by atoms with E-state index in [4.69, 9.17) is 4.79 Å². The first-order valence-electron chi connectivity index (χ1n) is 7.59. The van der Waals surface area contributed by atoms with Crippen molar-refractivity contribution in [3.05, 3.63) is 81.3 Å². The van der Waals surface area contributed by atoms with E-state index in [1.54, 1.807) is 35.6 Å². The van der Waals surface area contributed by atoms with Crippen LogP contribution in [0.4, 0.5) is 0 Å². The number of rotatable bonds is 2. The number of hydrogen-bond acceptors (Lipinski definition) is 4. The fraction of sp³-hybridized carbons (Fsp3) is 0.100. The third-order valence-corrected chi connectivity index (χ3v) is 4.35. The Balaban J connectivity index is 0.000000701. The average Bonchev–Trinajstić information content (AvgIpc) is 2.96. The van der Waals surface area contributed by atoms with Gasteiger partial charge in [0.05, 0.1) is 5.69 Å². The van der Waals surface area contributed by atoms with Crippen molar-refractivity contribution in [3.63, 3.8) is 0 Å². The summed E-state index contributed by atoms with van der Waals surface area (Å²) in [7, 11) is 0. The number of primary amides is 1. The number of carbonyl (C=O) groups excluding carboxylic acids is 1. The van der Waals surface area contributed by atoms with Crippen LogP contribution in [-0.2, 0) is 11.2 Å². The van der Waals surface area contributed by atoms with E-state index in [0.717, 1.165) is 22.7 Å². The molecule has 3 N–H and O–H groups in total. The average molecular weight is 350 g/mol. The molecule has 2 aromatic carbocycles. The van der Waals surface area contributed by atoms with Crippen LogP contribution in [0.3, 0.4) is 0 Å². The van der Waals surface area contributed by atoms with Crippen molar-refractivity contribution >= 4 is 17.7 Å². The van der Waals surface area contributed by atoms with Gasteiger partial charge in [-0.25, -0.2) is 4.98 Å². The van der Waals surface area contributed by atoms with Crippen LogP contribution in [0.15, 0.2) is 54.6 Å². The van der Waals surface area contributed by atoms with E-state index in [1.807, 2.05) is 13.0 Å². The highest BCUT2D eigenvalue weighted by molar-refractivity contribution is 7.12. The molecule has 0 aliphatic heterocycles. The van der Waals surface area contributed by atoms with Gasteiger partial charge in [-0.3, -0.25) is 4.79 Å². The van der Waals surface area contributed by atoms with Crippen molar-refractivity contribution in [2.24, 2.45) is 5.73 Å². The van der Waals surface area contributed by atoms with Crippen LogP contribution in [0.5, 0.6) is 5.75 Å². The van der Waals surface area contributed by atoms with Gasteiger partial charge in [-0.05, 0) is 42.7 Å². The number of nitrogens with two attached hydrogens (primary N) is 1. The van der Waals surface area contributed by atoms with Crippen LogP contribution in [0.2, 0.25) is 0 Å². The number of phenols is 1. The number of carbonyl (C=O) groups is 1. The van der Waals surface area contributed by atoms with Crippen LogP contribution in [0.1, 0.15) is 26.7 Å². The highest BCUT2D eigenvalue weighted by Crippen LogP contribution is 2.21. The molecule has 0 spiro atoms. The molecule has 126 valence electrons. The van der Waals surface area contributed by atoms with Gasteiger partial charge in [-0.15, -0.1) is 11.3 Å². The highest BCUT2D eigenvalue weighted by Gasteiger charge is 2.06. The Kier molecular flexibility index (Phi) is 6.76. The molecule has 25 heavy (non-hydrogen) atoms. The summed E-state index contributed by atoms with van der Waals surface area (Å²) in [4.78, 5) is 14.4. The van der Waals surface area contributed by atoms with E-state index in [2.05, 4.69) is 46.8 Å². The molecule has 1 aromatic heterocycles. The topological polar surface area (TPSA) is 76.2 Å². The lowest BCUT2D eigenvalue weighted by Crippen LogP contribution is -1.86. The summed E-state index contributed by atoms with van der Waals surface area (Å²) in [5.74, 6) is 6.43. The van der Waals surface area contributed by atoms with Gasteiger partial charge >= 0.3 is 0 Å². The number of aryl methyl sites for hydroxylation is 1. The molecule has 3 rings (SSSR count). The van der Waals surface area contributed by atoms with E-state index < -0.39 is 0 Å². The first kappa shape index (κ1) is 18.2. The molecule has 0 aliphatic carbocycles. The number of amides is 1. The maximum absolute atomic E-state index is 9.26. The van der Waals surface area contributed by atoms with Gasteiger partial charge in [0, 0.05) is 16.9 Å². The summed E-state index contributed by atoms with van der Waals surface area (Å²) in [6.07, 6.45) is 1.14. The molecule has 1 amide bonds. The Labute approximate surface area is 151 Å². The third-order valence-electron chi connectivity index (χ3n) is 3.28. The van der Waals surface area contributed by atoms with Crippen LogP contribution in [-0.4, -0.2) is 16.5 Å². The molecule has 4 nitrogen and oxygen atoms in total. The van der Waals surface area contributed by atoms with Crippen LogP contribution >= 0.6 is 11.3 Å². The highest BCUT2D eigenvalue weighted by atomic mass is 32.1. The molecular weight excluding hydrogens is 332 g/mol. The molecular formula is C20H18N2O2S. The molecule has 0 radical (unpaired) electrons. The van der Waals surface area contributed by atoms with E-state index in [0.29, 0.717) is 0 Å². The maximum atomic E-state index is 9.26. The van der Waals surface area contributed by atoms with E-state index in [1.165, 1.54) is 10.4 Å². The summed E-state index contributed by atoms with van der Waals surface area (Å²) in [5, 5.41) is 10.1. The van der Waals surface area contributed by atoms with Gasteiger partial charge in [0.2, 0.25) is 6.41 Å². The minimum Gasteiger partial charge on any atom is -0.508 e. The first-order chi connectivity index (χ1) is 12.1. The second-order valence-corrected chi connectivity index (χ2v) is 6.21. The van der Waals surface area contributed by atoms with Gasteiger partial charge in [0.1, 0.15) is 5.75 Å². The zero-order valence-corrected chi connectivity index (χ0v) is 14.6. The molecule has 5 heteroatoms. The number of aromatic hydroxyl groups is 1. The van der Waals surface area contributed by atoms with Crippen molar-refractivity contribution < 1.29 is 9.90 Å². The maximum Gasteiger partial charge on any atom is 0.204 e. The van der Waals surface area contributed by atoms with Gasteiger partial charge in [0.15, 0.2) is 5.01 Å². The second kappa shape index (κ2) is 9.26. The number of nitrogens with zero attached hydrogens (tertiary/aromatic N) is 1. The number of aromatic nitrogens is 1. The third kappa shape index (κ3) is 5.79. The summed E-state index contributed by atoms with van der Waals surface area (Å²) in [6.45, 7) is 2.03. The largest absolute Gasteiger partial charge is 0.508 e. The van der Waals surface area contributed by atoms with Crippen molar-refractivity contribution in [2.75, 3.05) is 0 Å². The predicted octanol–water partition coefficient (Wildman–Crippen LogP) is 3.25. The standard InChI is InChI=1S/C19H15NOS.CH3NO/c1-14-18(13-16-5-3-2-4-6-16)22-19(20-14)12-9-15-7-10-17(21)11-8-15;2-1-3/h2-8,10-11,21H,13H2,1H3;1H,(H2,2,3). The summed E-state index contributed by atoms with van der Waals surface area (Å²) in [5.41, 5.74) is 7.37. The molecule has 0 saturated heterocycles. The lowest BCUT2D eigenvalue weighted by atomic mass is 10.1. The molecule has 0 saturated carbocycles. The second-order valence-electron chi connectivity index (χ2n) is 5.12. The van der Waals surface area contributed by atoms with Gasteiger partial charge in [-0.1, -0.05) is 36.3 Å². The minimum atomic E-state index is 0.250. The van der Waals surface area contributed by atoms with Crippen LogP contribution in [0, 0.1) is 18.8 Å². The van der Waals surface area contributed by atoms with Gasteiger partial charge < -0.3 is 10.8 Å². The zero-order chi connectivity index (χ0) is 18.1.